The number of nitrogens with zero attached hydrogens (tertiary/aromatic N) is 2. The molecule has 1 rings (SSSR count). The van der Waals surface area contributed by atoms with E-state index in [1.54, 1.807) is 25.8 Å². The van der Waals surface area contributed by atoms with Crippen molar-refractivity contribution >= 4 is 11.8 Å². The molecule has 1 heterocycles. The van der Waals surface area contributed by atoms with E-state index in [4.69, 9.17) is 0 Å². The van der Waals surface area contributed by atoms with Crippen molar-refractivity contribution in [3.63, 3.8) is 0 Å². The lowest BCUT2D eigenvalue weighted by Crippen LogP contribution is -2.66. The average molecular weight is 228 g/mol. The number of rotatable bonds is 1. The summed E-state index contributed by atoms with van der Waals surface area (Å²) in [7, 11) is 1.72. The number of aliphatic hydroxyl groups is 1. The van der Waals surface area contributed by atoms with E-state index in [1.807, 2.05) is 0 Å². The van der Waals surface area contributed by atoms with Crippen molar-refractivity contribution in [3.05, 3.63) is 0 Å². The minimum absolute atomic E-state index is 0.101. The standard InChI is InChI=1S/C11H20N2O3/c1-10(2)8(14)12(5)6-7-13(10)9(15)11(3,4)16/h16H,6-7H2,1-5H3. The van der Waals surface area contributed by atoms with E-state index in [2.05, 4.69) is 0 Å². The molecule has 0 aromatic carbocycles. The van der Waals surface area contributed by atoms with Crippen molar-refractivity contribution in [2.24, 2.45) is 0 Å². The molecule has 5 heteroatoms. The lowest BCUT2D eigenvalue weighted by atomic mass is 9.95. The summed E-state index contributed by atoms with van der Waals surface area (Å²) >= 11 is 0. The van der Waals surface area contributed by atoms with Gasteiger partial charge in [0.1, 0.15) is 11.1 Å². The van der Waals surface area contributed by atoms with Crippen molar-refractivity contribution in [2.75, 3.05) is 20.1 Å². The summed E-state index contributed by atoms with van der Waals surface area (Å²) in [5.41, 5.74) is -2.32. The number of carbonyl (C=O) groups is 2. The number of likely N-dealkylation sites (N-methyl/N-ethyl adjacent to an activating group) is 1. The topological polar surface area (TPSA) is 60.9 Å². The summed E-state index contributed by atoms with van der Waals surface area (Å²) in [6, 6.07) is 0. The van der Waals surface area contributed by atoms with Crippen LogP contribution in [0.3, 0.4) is 0 Å². The molecule has 1 saturated heterocycles. The summed E-state index contributed by atoms with van der Waals surface area (Å²) in [6.07, 6.45) is 0. The van der Waals surface area contributed by atoms with Crippen LogP contribution in [0.2, 0.25) is 0 Å². The number of amides is 2. The Morgan fingerprint density at radius 2 is 1.88 bits per heavy atom. The van der Waals surface area contributed by atoms with E-state index in [0.717, 1.165) is 0 Å². The second kappa shape index (κ2) is 3.73. The van der Waals surface area contributed by atoms with Gasteiger partial charge in [0, 0.05) is 20.1 Å². The van der Waals surface area contributed by atoms with Gasteiger partial charge in [-0.1, -0.05) is 0 Å². The lowest BCUT2D eigenvalue weighted by Gasteiger charge is -2.46. The van der Waals surface area contributed by atoms with Crippen molar-refractivity contribution < 1.29 is 14.7 Å². The van der Waals surface area contributed by atoms with E-state index in [9.17, 15) is 14.7 Å². The van der Waals surface area contributed by atoms with Crippen LogP contribution >= 0.6 is 0 Å². The Kier molecular flexibility index (Phi) is 3.02. The van der Waals surface area contributed by atoms with Crippen LogP contribution in [0.25, 0.3) is 0 Å². The maximum absolute atomic E-state index is 12.0. The van der Waals surface area contributed by atoms with Crippen LogP contribution in [-0.2, 0) is 9.59 Å². The number of hydrogen-bond donors (Lipinski definition) is 1. The van der Waals surface area contributed by atoms with E-state index >= 15 is 0 Å². The first-order chi connectivity index (χ1) is 7.08. The molecule has 0 bridgehead atoms. The summed E-state index contributed by atoms with van der Waals surface area (Å²) < 4.78 is 0. The van der Waals surface area contributed by atoms with Crippen LogP contribution in [0.4, 0.5) is 0 Å². The van der Waals surface area contributed by atoms with Gasteiger partial charge in [-0.2, -0.15) is 0 Å². The first-order valence-electron chi connectivity index (χ1n) is 5.38. The van der Waals surface area contributed by atoms with Crippen molar-refractivity contribution in [1.82, 2.24) is 9.80 Å². The average Bonchev–Trinajstić information content (AvgIpc) is 2.12. The molecule has 0 spiro atoms. The van der Waals surface area contributed by atoms with Crippen LogP contribution in [0, 0.1) is 0 Å². The molecule has 0 aromatic rings. The van der Waals surface area contributed by atoms with Gasteiger partial charge >= 0.3 is 0 Å². The van der Waals surface area contributed by atoms with E-state index < -0.39 is 17.0 Å². The van der Waals surface area contributed by atoms with Crippen LogP contribution in [0.15, 0.2) is 0 Å². The van der Waals surface area contributed by atoms with Crippen molar-refractivity contribution in [1.29, 1.82) is 0 Å². The summed E-state index contributed by atoms with van der Waals surface area (Å²) in [4.78, 5) is 27.0. The van der Waals surface area contributed by atoms with E-state index in [1.165, 1.54) is 18.7 Å². The molecular weight excluding hydrogens is 208 g/mol. The fourth-order valence-corrected chi connectivity index (χ4v) is 1.90. The molecule has 0 aliphatic carbocycles. The van der Waals surface area contributed by atoms with E-state index in [0.29, 0.717) is 13.1 Å². The van der Waals surface area contributed by atoms with Crippen molar-refractivity contribution in [3.8, 4) is 0 Å². The maximum atomic E-state index is 12.0. The van der Waals surface area contributed by atoms with Crippen LogP contribution in [0.1, 0.15) is 27.7 Å². The predicted octanol–water partition coefficient (Wildman–Crippen LogP) is -0.164. The highest BCUT2D eigenvalue weighted by Crippen LogP contribution is 2.24. The first kappa shape index (κ1) is 13.0. The Morgan fingerprint density at radius 3 is 2.31 bits per heavy atom. The third kappa shape index (κ3) is 2.04. The van der Waals surface area contributed by atoms with Crippen molar-refractivity contribution in [2.45, 2.75) is 38.8 Å². The van der Waals surface area contributed by atoms with Gasteiger partial charge < -0.3 is 14.9 Å². The fraction of sp³-hybridized carbons (Fsp3) is 0.818. The SMILES string of the molecule is CN1CCN(C(=O)C(C)(C)O)C(C)(C)C1=O. The molecule has 0 saturated carbocycles. The molecular formula is C11H20N2O3. The monoisotopic (exact) mass is 228 g/mol. The molecule has 0 aromatic heterocycles. The van der Waals surface area contributed by atoms with Crippen LogP contribution in [0.5, 0.6) is 0 Å². The van der Waals surface area contributed by atoms with Crippen LogP contribution in [-0.4, -0.2) is 58.0 Å². The molecule has 0 unspecified atom stereocenters. The number of carbonyl (C=O) groups excluding carboxylic acids is 2. The highest BCUT2D eigenvalue weighted by Gasteiger charge is 2.46. The Hall–Kier alpha value is -1.10. The zero-order valence-corrected chi connectivity index (χ0v) is 10.6. The zero-order chi connectivity index (χ0) is 12.7. The molecule has 1 aliphatic heterocycles. The molecule has 16 heavy (non-hydrogen) atoms. The van der Waals surface area contributed by atoms with Gasteiger partial charge in [-0.3, -0.25) is 9.59 Å². The summed E-state index contributed by atoms with van der Waals surface area (Å²) in [6.45, 7) is 7.24. The van der Waals surface area contributed by atoms with Gasteiger partial charge in [0.05, 0.1) is 0 Å². The third-order valence-corrected chi connectivity index (χ3v) is 2.97. The minimum atomic E-state index is -1.44. The summed E-state index contributed by atoms with van der Waals surface area (Å²) in [5.74, 6) is -0.504. The number of piperazine rings is 1. The zero-order valence-electron chi connectivity index (χ0n) is 10.6. The fourth-order valence-electron chi connectivity index (χ4n) is 1.90. The van der Waals surface area contributed by atoms with E-state index in [-0.39, 0.29) is 5.91 Å². The second-order valence-electron chi connectivity index (χ2n) is 5.30. The van der Waals surface area contributed by atoms with Gasteiger partial charge in [0.2, 0.25) is 5.91 Å². The van der Waals surface area contributed by atoms with Gasteiger partial charge in [-0.25, -0.2) is 0 Å². The first-order valence-corrected chi connectivity index (χ1v) is 5.38. The molecule has 0 radical (unpaired) electrons. The Labute approximate surface area is 96.0 Å². The van der Waals surface area contributed by atoms with Gasteiger partial charge in [-0.05, 0) is 27.7 Å². The van der Waals surface area contributed by atoms with Crippen LogP contribution < -0.4 is 0 Å². The molecule has 5 nitrogen and oxygen atoms in total. The molecule has 1 N–H and O–H groups in total. The largest absolute Gasteiger partial charge is 0.381 e. The normalized spacial score (nSPS) is 21.2. The number of hydrogen-bond acceptors (Lipinski definition) is 3. The lowest BCUT2D eigenvalue weighted by molar-refractivity contribution is -0.166. The minimum Gasteiger partial charge on any atom is -0.381 e. The molecule has 1 fully saturated rings. The van der Waals surface area contributed by atoms with Gasteiger partial charge in [-0.15, -0.1) is 0 Å². The predicted molar refractivity (Wildman–Crippen MR) is 59.7 cm³/mol. The highest BCUT2D eigenvalue weighted by atomic mass is 16.3. The van der Waals surface area contributed by atoms with Gasteiger partial charge in [0.15, 0.2) is 0 Å². The Morgan fingerprint density at radius 1 is 1.38 bits per heavy atom. The quantitative estimate of drug-likeness (QED) is 0.678. The Bertz CT molecular complexity index is 318. The molecule has 1 aliphatic rings. The highest BCUT2D eigenvalue weighted by molar-refractivity contribution is 5.94. The smallest absolute Gasteiger partial charge is 0.254 e. The second-order valence-corrected chi connectivity index (χ2v) is 5.30. The Balaban J connectivity index is 2.99. The summed E-state index contributed by atoms with van der Waals surface area (Å²) in [5, 5.41) is 9.71. The third-order valence-electron chi connectivity index (χ3n) is 2.97. The molecule has 92 valence electrons. The maximum Gasteiger partial charge on any atom is 0.254 e. The molecule has 0 atom stereocenters. The molecule has 2 amide bonds. The van der Waals surface area contributed by atoms with Gasteiger partial charge in [0.25, 0.3) is 5.91 Å².